The van der Waals surface area contributed by atoms with Gasteiger partial charge in [-0.1, -0.05) is 30.0 Å². The van der Waals surface area contributed by atoms with Crippen molar-refractivity contribution in [1.29, 1.82) is 0 Å². The molecule has 27 heavy (non-hydrogen) atoms. The maximum atomic E-state index is 13.3. The van der Waals surface area contributed by atoms with Crippen LogP contribution in [-0.2, 0) is 9.53 Å². The molecule has 0 atom stereocenters. The highest BCUT2D eigenvalue weighted by Crippen LogP contribution is 2.28. The van der Waals surface area contributed by atoms with E-state index < -0.39 is 5.60 Å². The third-order valence-corrected chi connectivity index (χ3v) is 4.39. The summed E-state index contributed by atoms with van der Waals surface area (Å²) in [5.74, 6) is 0.0569. The number of hydrogen-bond donors (Lipinski definition) is 0. The summed E-state index contributed by atoms with van der Waals surface area (Å²) in [6.07, 6.45) is 0. The summed E-state index contributed by atoms with van der Waals surface area (Å²) in [5, 5.41) is 9.06. The van der Waals surface area contributed by atoms with E-state index in [2.05, 4.69) is 10.2 Å². The number of carbonyl (C=O) groups is 1. The highest BCUT2D eigenvalue weighted by Gasteiger charge is 2.20. The monoisotopic (exact) mass is 385 g/mol. The molecule has 3 rings (SSSR count). The molecule has 0 spiro atoms. The number of benzene rings is 2. The first-order chi connectivity index (χ1) is 12.8. The van der Waals surface area contributed by atoms with Crippen LogP contribution in [0.1, 0.15) is 20.8 Å². The fourth-order valence-electron chi connectivity index (χ4n) is 2.45. The molecule has 140 valence electrons. The van der Waals surface area contributed by atoms with E-state index in [1.54, 1.807) is 12.1 Å². The molecule has 0 saturated carbocycles. The van der Waals surface area contributed by atoms with Gasteiger partial charge < -0.3 is 4.74 Å². The summed E-state index contributed by atoms with van der Waals surface area (Å²) in [7, 11) is 0. The highest BCUT2D eigenvalue weighted by atomic mass is 32.2. The fourth-order valence-corrected chi connectivity index (χ4v) is 3.18. The number of ether oxygens (including phenoxy) is 1. The van der Waals surface area contributed by atoms with E-state index in [9.17, 15) is 9.18 Å². The van der Waals surface area contributed by atoms with Gasteiger partial charge >= 0.3 is 5.97 Å². The van der Waals surface area contributed by atoms with Crippen molar-refractivity contribution >= 4 is 17.7 Å². The Morgan fingerprint density at radius 2 is 1.74 bits per heavy atom. The van der Waals surface area contributed by atoms with Gasteiger partial charge in [0.05, 0.1) is 5.75 Å². The molecular weight excluding hydrogens is 365 g/mol. The number of nitrogens with zero attached hydrogens (tertiary/aromatic N) is 3. The first kappa shape index (κ1) is 19.1. The highest BCUT2D eigenvalue weighted by molar-refractivity contribution is 7.99. The first-order valence-electron chi connectivity index (χ1n) is 8.45. The van der Waals surface area contributed by atoms with Crippen molar-refractivity contribution in [1.82, 2.24) is 14.8 Å². The second-order valence-electron chi connectivity index (χ2n) is 6.86. The zero-order valence-electron chi connectivity index (χ0n) is 15.3. The summed E-state index contributed by atoms with van der Waals surface area (Å²) < 4.78 is 20.5. The van der Waals surface area contributed by atoms with E-state index in [4.69, 9.17) is 4.74 Å². The van der Waals surface area contributed by atoms with Crippen LogP contribution in [0.5, 0.6) is 0 Å². The Balaban J connectivity index is 1.92. The Hall–Kier alpha value is -2.67. The van der Waals surface area contributed by atoms with Crippen LogP contribution in [0, 0.1) is 5.82 Å². The van der Waals surface area contributed by atoms with E-state index >= 15 is 0 Å². The van der Waals surface area contributed by atoms with Gasteiger partial charge in [0.1, 0.15) is 11.4 Å². The van der Waals surface area contributed by atoms with Gasteiger partial charge in [-0.15, -0.1) is 10.2 Å². The molecule has 0 bridgehead atoms. The molecule has 0 saturated heterocycles. The Morgan fingerprint density at radius 3 is 2.37 bits per heavy atom. The summed E-state index contributed by atoms with van der Waals surface area (Å²) in [5.41, 5.74) is 1.05. The molecule has 0 radical (unpaired) electrons. The molecule has 0 unspecified atom stereocenters. The van der Waals surface area contributed by atoms with Gasteiger partial charge in [0, 0.05) is 11.3 Å². The lowest BCUT2D eigenvalue weighted by Crippen LogP contribution is -2.25. The van der Waals surface area contributed by atoms with Gasteiger partial charge in [-0.05, 0) is 57.2 Å². The number of carbonyl (C=O) groups excluding carboxylic acids is 1. The standard InChI is InChI=1S/C20H20FN3O2S/c1-20(2,3)26-17(25)13-27-19-23-22-18(14-9-11-15(21)12-10-14)24(19)16-7-5-4-6-8-16/h4-12H,13H2,1-3H3. The third kappa shape index (κ3) is 4.95. The topological polar surface area (TPSA) is 57.0 Å². The second-order valence-corrected chi connectivity index (χ2v) is 7.80. The lowest BCUT2D eigenvalue weighted by molar-refractivity contribution is -0.151. The summed E-state index contributed by atoms with van der Waals surface area (Å²) in [4.78, 5) is 12.1. The maximum Gasteiger partial charge on any atom is 0.316 e. The van der Waals surface area contributed by atoms with Gasteiger partial charge in [0.25, 0.3) is 0 Å². The molecule has 0 N–H and O–H groups in total. The number of rotatable bonds is 5. The van der Waals surface area contributed by atoms with Crippen molar-refractivity contribution in [3.05, 3.63) is 60.4 Å². The van der Waals surface area contributed by atoms with Crippen molar-refractivity contribution in [3.8, 4) is 17.1 Å². The molecule has 2 aromatic carbocycles. The van der Waals surface area contributed by atoms with Crippen molar-refractivity contribution in [2.75, 3.05) is 5.75 Å². The number of thioether (sulfide) groups is 1. The Morgan fingerprint density at radius 1 is 1.07 bits per heavy atom. The molecule has 3 aromatic rings. The van der Waals surface area contributed by atoms with Crippen LogP contribution >= 0.6 is 11.8 Å². The average Bonchev–Trinajstić information content (AvgIpc) is 3.04. The maximum absolute atomic E-state index is 13.3. The minimum atomic E-state index is -0.538. The molecule has 1 aromatic heterocycles. The van der Waals surface area contributed by atoms with Crippen molar-refractivity contribution in [2.24, 2.45) is 0 Å². The van der Waals surface area contributed by atoms with Crippen molar-refractivity contribution in [3.63, 3.8) is 0 Å². The molecule has 1 heterocycles. The Labute approximate surface area is 161 Å². The van der Waals surface area contributed by atoms with Crippen molar-refractivity contribution < 1.29 is 13.9 Å². The van der Waals surface area contributed by atoms with E-state index in [1.807, 2.05) is 55.7 Å². The van der Waals surface area contributed by atoms with Gasteiger partial charge in [-0.2, -0.15) is 0 Å². The largest absolute Gasteiger partial charge is 0.459 e. The van der Waals surface area contributed by atoms with Gasteiger partial charge in [-0.3, -0.25) is 9.36 Å². The molecule has 0 aliphatic carbocycles. The fraction of sp³-hybridized carbons (Fsp3) is 0.250. The van der Waals surface area contributed by atoms with E-state index in [0.717, 1.165) is 11.3 Å². The molecule has 5 nitrogen and oxygen atoms in total. The minimum Gasteiger partial charge on any atom is -0.459 e. The zero-order valence-corrected chi connectivity index (χ0v) is 16.2. The summed E-state index contributed by atoms with van der Waals surface area (Å²) in [6, 6.07) is 15.7. The van der Waals surface area contributed by atoms with Crippen LogP contribution in [0.4, 0.5) is 4.39 Å². The van der Waals surface area contributed by atoms with Crippen LogP contribution in [0.2, 0.25) is 0 Å². The van der Waals surface area contributed by atoms with Crippen molar-refractivity contribution in [2.45, 2.75) is 31.5 Å². The number of para-hydroxylation sites is 1. The van der Waals surface area contributed by atoms with Gasteiger partial charge in [0.2, 0.25) is 0 Å². The normalized spacial score (nSPS) is 11.4. The SMILES string of the molecule is CC(C)(C)OC(=O)CSc1nnc(-c2ccc(F)cc2)n1-c1ccccc1. The summed E-state index contributed by atoms with van der Waals surface area (Å²) in [6.45, 7) is 5.48. The Bertz CT molecular complexity index is 919. The van der Waals surface area contributed by atoms with Crippen LogP contribution in [0.25, 0.3) is 17.1 Å². The lowest BCUT2D eigenvalue weighted by atomic mass is 10.2. The average molecular weight is 385 g/mol. The van der Waals surface area contributed by atoms with Crippen LogP contribution < -0.4 is 0 Å². The van der Waals surface area contributed by atoms with Gasteiger partial charge in [-0.25, -0.2) is 4.39 Å². The predicted octanol–water partition coefficient (Wildman–Crippen LogP) is 4.51. The van der Waals surface area contributed by atoms with E-state index in [1.165, 1.54) is 23.9 Å². The molecule has 7 heteroatoms. The van der Waals surface area contributed by atoms with E-state index in [0.29, 0.717) is 11.0 Å². The predicted molar refractivity (Wildman–Crippen MR) is 103 cm³/mol. The Kier molecular flexibility index (Phi) is 5.60. The molecular formula is C20H20FN3O2S. The van der Waals surface area contributed by atoms with Crippen LogP contribution in [0.15, 0.2) is 59.8 Å². The van der Waals surface area contributed by atoms with Gasteiger partial charge in [0.15, 0.2) is 11.0 Å². The second kappa shape index (κ2) is 7.92. The number of esters is 1. The zero-order chi connectivity index (χ0) is 19.4. The lowest BCUT2D eigenvalue weighted by Gasteiger charge is -2.19. The number of aromatic nitrogens is 3. The first-order valence-corrected chi connectivity index (χ1v) is 9.43. The number of halogens is 1. The molecule has 0 amide bonds. The molecule has 0 aliphatic heterocycles. The third-order valence-electron chi connectivity index (χ3n) is 3.49. The smallest absolute Gasteiger partial charge is 0.316 e. The minimum absolute atomic E-state index is 0.117. The molecule has 0 fully saturated rings. The number of hydrogen-bond acceptors (Lipinski definition) is 5. The van der Waals surface area contributed by atoms with Crippen LogP contribution in [-0.4, -0.2) is 32.1 Å². The molecule has 0 aliphatic rings. The quantitative estimate of drug-likeness (QED) is 0.478. The summed E-state index contributed by atoms with van der Waals surface area (Å²) >= 11 is 1.25. The van der Waals surface area contributed by atoms with E-state index in [-0.39, 0.29) is 17.5 Å². The van der Waals surface area contributed by atoms with Crippen LogP contribution in [0.3, 0.4) is 0 Å².